The molecule has 0 spiro atoms. The summed E-state index contributed by atoms with van der Waals surface area (Å²) < 4.78 is 9.96. The minimum absolute atomic E-state index is 0.0244. The van der Waals surface area contributed by atoms with Crippen LogP contribution in [0.2, 0.25) is 0 Å². The second kappa shape index (κ2) is 6.17. The van der Waals surface area contributed by atoms with Crippen LogP contribution < -0.4 is 9.47 Å². The molecule has 0 atom stereocenters. The summed E-state index contributed by atoms with van der Waals surface area (Å²) in [7, 11) is 0. The first-order valence-corrected chi connectivity index (χ1v) is 6.32. The van der Waals surface area contributed by atoms with Crippen molar-refractivity contribution >= 4 is 11.9 Å². The van der Waals surface area contributed by atoms with Crippen LogP contribution in [-0.2, 0) is 9.59 Å². The summed E-state index contributed by atoms with van der Waals surface area (Å²) in [5, 5.41) is 19.4. The van der Waals surface area contributed by atoms with Crippen molar-refractivity contribution in [1.82, 2.24) is 0 Å². The van der Waals surface area contributed by atoms with Gasteiger partial charge < -0.3 is 19.7 Å². The first kappa shape index (κ1) is 15.4. The molecular formula is C16H13O6. The van der Waals surface area contributed by atoms with E-state index < -0.39 is 11.9 Å². The first-order valence-electron chi connectivity index (χ1n) is 6.32. The average Bonchev–Trinajstić information content (AvgIpc) is 2.43. The second-order valence-electron chi connectivity index (χ2n) is 4.44. The van der Waals surface area contributed by atoms with Gasteiger partial charge in [0.05, 0.1) is 0 Å². The molecule has 0 aliphatic carbocycles. The number of esters is 2. The molecule has 6 heteroatoms. The molecule has 0 aromatic heterocycles. The number of ether oxygens (including phenoxy) is 2. The third-order valence-electron chi connectivity index (χ3n) is 2.69. The Hall–Kier alpha value is -3.02. The van der Waals surface area contributed by atoms with Crippen molar-refractivity contribution in [3.8, 4) is 34.1 Å². The van der Waals surface area contributed by atoms with E-state index in [-0.39, 0.29) is 28.6 Å². The number of carbonyl (C=O) groups excluding carboxylic acids is 2. The number of phenols is 2. The third-order valence-corrected chi connectivity index (χ3v) is 2.69. The lowest BCUT2D eigenvalue weighted by Gasteiger charge is -2.11. The lowest BCUT2D eigenvalue weighted by Crippen LogP contribution is -2.07. The van der Waals surface area contributed by atoms with E-state index in [1.807, 2.05) is 0 Å². The quantitative estimate of drug-likeness (QED) is 0.514. The van der Waals surface area contributed by atoms with Crippen molar-refractivity contribution in [2.24, 2.45) is 0 Å². The maximum atomic E-state index is 11.2. The normalized spacial score (nSPS) is 10.1. The van der Waals surface area contributed by atoms with Crippen LogP contribution in [0.5, 0.6) is 23.0 Å². The minimum Gasteiger partial charge on any atom is -0.504 e. The molecule has 2 aromatic rings. The van der Waals surface area contributed by atoms with E-state index in [1.54, 1.807) is 0 Å². The number of rotatable bonds is 3. The number of hydrogen-bond donors (Lipinski definition) is 2. The van der Waals surface area contributed by atoms with Crippen LogP contribution in [0.25, 0.3) is 11.1 Å². The Balaban J connectivity index is 2.52. The van der Waals surface area contributed by atoms with Gasteiger partial charge in [0.25, 0.3) is 0 Å². The van der Waals surface area contributed by atoms with Gasteiger partial charge in [-0.05, 0) is 35.9 Å². The maximum Gasteiger partial charge on any atom is 0.308 e. The van der Waals surface area contributed by atoms with E-state index >= 15 is 0 Å². The first-order chi connectivity index (χ1) is 10.4. The van der Waals surface area contributed by atoms with Gasteiger partial charge in [-0.3, -0.25) is 9.59 Å². The lowest BCUT2D eigenvalue weighted by molar-refractivity contribution is -0.134. The van der Waals surface area contributed by atoms with Gasteiger partial charge in [0.1, 0.15) is 0 Å². The molecule has 1 radical (unpaired) electrons. The highest BCUT2D eigenvalue weighted by Crippen LogP contribution is 2.39. The Labute approximate surface area is 126 Å². The van der Waals surface area contributed by atoms with Gasteiger partial charge >= 0.3 is 11.9 Å². The average molecular weight is 301 g/mol. The monoisotopic (exact) mass is 301 g/mol. The number of phenolic OH excluding ortho intramolecular Hbond substituents is 2. The summed E-state index contributed by atoms with van der Waals surface area (Å²) in [6, 6.07) is 9.88. The number of benzene rings is 2. The van der Waals surface area contributed by atoms with Gasteiger partial charge in [-0.15, -0.1) is 0 Å². The van der Waals surface area contributed by atoms with Crippen molar-refractivity contribution in [3.05, 3.63) is 36.4 Å². The minimum atomic E-state index is -0.588. The third kappa shape index (κ3) is 3.35. The topological polar surface area (TPSA) is 93.1 Å². The highest BCUT2D eigenvalue weighted by molar-refractivity contribution is 5.78. The van der Waals surface area contributed by atoms with Crippen LogP contribution in [0.4, 0.5) is 0 Å². The van der Waals surface area contributed by atoms with Gasteiger partial charge in [0.2, 0.25) is 0 Å². The molecule has 2 aromatic carbocycles. The Kier molecular flexibility index (Phi) is 4.31. The van der Waals surface area contributed by atoms with Crippen molar-refractivity contribution in [2.45, 2.75) is 13.8 Å². The summed E-state index contributed by atoms with van der Waals surface area (Å²) in [4.78, 5) is 22.2. The molecule has 0 unspecified atom stereocenters. The Morgan fingerprint density at radius 3 is 2.27 bits per heavy atom. The van der Waals surface area contributed by atoms with Crippen LogP contribution in [-0.4, -0.2) is 22.2 Å². The zero-order valence-electron chi connectivity index (χ0n) is 11.9. The predicted molar refractivity (Wildman–Crippen MR) is 76.7 cm³/mol. The highest BCUT2D eigenvalue weighted by Gasteiger charge is 2.15. The Bertz CT molecular complexity index is 735. The van der Waals surface area contributed by atoms with Crippen LogP contribution in [0, 0.1) is 6.07 Å². The van der Waals surface area contributed by atoms with Crippen LogP contribution >= 0.6 is 0 Å². The molecule has 113 valence electrons. The standard InChI is InChI=1S/C16H13O6/c1-9(17)21-14-7-6-11(8-15(14)22-10(2)18)12-4-3-5-13(19)16(12)20/h3,5-8,19-20H,1-2H3. The Morgan fingerprint density at radius 2 is 1.64 bits per heavy atom. The van der Waals surface area contributed by atoms with E-state index in [9.17, 15) is 19.8 Å². The van der Waals surface area contributed by atoms with Crippen molar-refractivity contribution in [2.75, 3.05) is 0 Å². The second-order valence-corrected chi connectivity index (χ2v) is 4.44. The lowest BCUT2D eigenvalue weighted by atomic mass is 10.0. The largest absolute Gasteiger partial charge is 0.504 e. The van der Waals surface area contributed by atoms with E-state index in [2.05, 4.69) is 6.07 Å². The fourth-order valence-corrected chi connectivity index (χ4v) is 1.84. The molecule has 0 heterocycles. The van der Waals surface area contributed by atoms with Crippen LogP contribution in [0.3, 0.4) is 0 Å². The summed E-state index contributed by atoms with van der Waals surface area (Å²) in [5.41, 5.74) is 0.656. The smallest absolute Gasteiger partial charge is 0.308 e. The van der Waals surface area contributed by atoms with E-state index in [0.717, 1.165) is 0 Å². The van der Waals surface area contributed by atoms with Crippen LogP contribution in [0.15, 0.2) is 30.3 Å². The SMILES string of the molecule is CC(=O)Oc1ccc(-c2[c]ccc(O)c2O)cc1OC(C)=O. The zero-order chi connectivity index (χ0) is 16.3. The molecule has 0 fully saturated rings. The van der Waals surface area contributed by atoms with E-state index in [1.165, 1.54) is 44.2 Å². The molecule has 2 rings (SSSR count). The van der Waals surface area contributed by atoms with E-state index in [4.69, 9.17) is 9.47 Å². The van der Waals surface area contributed by atoms with Gasteiger partial charge in [0, 0.05) is 19.4 Å². The van der Waals surface area contributed by atoms with Gasteiger partial charge in [-0.25, -0.2) is 0 Å². The van der Waals surface area contributed by atoms with Crippen molar-refractivity contribution < 1.29 is 29.3 Å². The van der Waals surface area contributed by atoms with Crippen molar-refractivity contribution in [3.63, 3.8) is 0 Å². The summed E-state index contributed by atoms with van der Waals surface area (Å²) >= 11 is 0. The summed E-state index contributed by atoms with van der Waals surface area (Å²) in [6.07, 6.45) is 0. The Morgan fingerprint density at radius 1 is 1.00 bits per heavy atom. The molecule has 0 amide bonds. The summed E-state index contributed by atoms with van der Waals surface area (Å²) in [6.45, 7) is 2.43. The molecule has 0 bridgehead atoms. The number of hydrogen-bond acceptors (Lipinski definition) is 6. The van der Waals surface area contributed by atoms with Crippen LogP contribution in [0.1, 0.15) is 13.8 Å². The number of carbonyl (C=O) groups is 2. The fourth-order valence-electron chi connectivity index (χ4n) is 1.84. The van der Waals surface area contributed by atoms with Gasteiger partial charge in [-0.2, -0.15) is 0 Å². The molecule has 0 aliphatic heterocycles. The fraction of sp³-hybridized carbons (Fsp3) is 0.125. The molecule has 0 saturated heterocycles. The molecule has 2 N–H and O–H groups in total. The number of aromatic hydroxyl groups is 2. The zero-order valence-corrected chi connectivity index (χ0v) is 11.9. The van der Waals surface area contributed by atoms with E-state index in [0.29, 0.717) is 5.56 Å². The van der Waals surface area contributed by atoms with Gasteiger partial charge in [0.15, 0.2) is 23.0 Å². The van der Waals surface area contributed by atoms with Crippen molar-refractivity contribution in [1.29, 1.82) is 0 Å². The van der Waals surface area contributed by atoms with Gasteiger partial charge in [-0.1, -0.05) is 6.07 Å². The summed E-state index contributed by atoms with van der Waals surface area (Å²) in [5.74, 6) is -1.70. The molecule has 6 nitrogen and oxygen atoms in total. The molecule has 0 aliphatic rings. The highest BCUT2D eigenvalue weighted by atomic mass is 16.6. The molecular weight excluding hydrogens is 288 g/mol. The molecule has 22 heavy (non-hydrogen) atoms. The predicted octanol–water partition coefficient (Wildman–Crippen LogP) is 2.42. The maximum absolute atomic E-state index is 11.2. The molecule has 0 saturated carbocycles.